The number of benzene rings is 1. The van der Waals surface area contributed by atoms with E-state index in [9.17, 15) is 9.59 Å². The van der Waals surface area contributed by atoms with Crippen LogP contribution < -0.4 is 0 Å². The number of rotatable bonds is 7. The van der Waals surface area contributed by atoms with Crippen molar-refractivity contribution >= 4 is 35.1 Å². The number of hydrogen-bond acceptors (Lipinski definition) is 4. The number of carbonyl (C=O) groups excluding carboxylic acids is 2. The number of ether oxygens (including phenoxy) is 1. The molecule has 98 valence electrons. The summed E-state index contributed by atoms with van der Waals surface area (Å²) in [5.41, 5.74) is 0. The van der Waals surface area contributed by atoms with Crippen LogP contribution >= 0.6 is 23.4 Å². The summed E-state index contributed by atoms with van der Waals surface area (Å²) in [5.74, 6) is 0.0185. The number of esters is 1. The summed E-state index contributed by atoms with van der Waals surface area (Å²) in [6.45, 7) is 2.09. The van der Waals surface area contributed by atoms with Gasteiger partial charge >= 0.3 is 5.97 Å². The monoisotopic (exact) mass is 286 g/mol. The van der Waals surface area contributed by atoms with Crippen LogP contribution in [0.1, 0.15) is 19.8 Å². The van der Waals surface area contributed by atoms with Gasteiger partial charge in [0.25, 0.3) is 0 Å². The van der Waals surface area contributed by atoms with Crippen molar-refractivity contribution in [1.29, 1.82) is 0 Å². The second kappa shape index (κ2) is 8.16. The van der Waals surface area contributed by atoms with Crippen LogP contribution in [-0.4, -0.2) is 24.1 Å². The molecule has 18 heavy (non-hydrogen) atoms. The van der Waals surface area contributed by atoms with E-state index in [0.29, 0.717) is 17.4 Å². The van der Waals surface area contributed by atoms with Crippen LogP contribution in [0, 0.1) is 0 Å². The molecule has 5 heteroatoms. The van der Waals surface area contributed by atoms with E-state index in [-0.39, 0.29) is 24.6 Å². The molecule has 0 saturated heterocycles. The Hall–Kier alpha value is -1.00. The summed E-state index contributed by atoms with van der Waals surface area (Å²) in [5, 5.41) is 0.640. The van der Waals surface area contributed by atoms with Crippen LogP contribution in [0.3, 0.4) is 0 Å². The fraction of sp³-hybridized carbons (Fsp3) is 0.385. The molecule has 0 heterocycles. The Labute approximate surface area is 116 Å². The summed E-state index contributed by atoms with van der Waals surface area (Å²) < 4.78 is 4.76. The highest BCUT2D eigenvalue weighted by Crippen LogP contribution is 2.26. The maximum atomic E-state index is 11.6. The van der Waals surface area contributed by atoms with Gasteiger partial charge in [0.15, 0.2) is 0 Å². The summed E-state index contributed by atoms with van der Waals surface area (Å²) >= 11 is 7.36. The Bertz CT molecular complexity index is 420. The smallest absolute Gasteiger partial charge is 0.306 e. The van der Waals surface area contributed by atoms with Crippen LogP contribution in [0.15, 0.2) is 29.2 Å². The highest BCUT2D eigenvalue weighted by atomic mass is 35.5. The molecule has 0 spiro atoms. The predicted octanol–water partition coefficient (Wildman–Crippen LogP) is 3.34. The zero-order valence-corrected chi connectivity index (χ0v) is 11.7. The summed E-state index contributed by atoms with van der Waals surface area (Å²) in [4.78, 5) is 23.5. The standard InChI is InChI=1S/C13H15ClO3S/c1-2-17-13(16)8-7-10(15)9-18-12-6-4-3-5-11(12)14/h3-6H,2,7-9H2,1H3. The van der Waals surface area contributed by atoms with E-state index in [4.69, 9.17) is 16.3 Å². The molecule has 0 aliphatic carbocycles. The summed E-state index contributed by atoms with van der Waals surface area (Å²) in [6, 6.07) is 7.37. The van der Waals surface area contributed by atoms with Gasteiger partial charge in [0.2, 0.25) is 0 Å². The number of halogens is 1. The minimum Gasteiger partial charge on any atom is -0.466 e. The number of thioether (sulfide) groups is 1. The first-order chi connectivity index (χ1) is 8.63. The maximum Gasteiger partial charge on any atom is 0.306 e. The third kappa shape index (κ3) is 5.56. The molecule has 0 radical (unpaired) electrons. The molecular formula is C13H15ClO3S. The first kappa shape index (κ1) is 15.1. The second-order valence-corrected chi connectivity index (χ2v) is 4.99. The van der Waals surface area contributed by atoms with Gasteiger partial charge in [0.05, 0.1) is 23.8 Å². The van der Waals surface area contributed by atoms with Crippen LogP contribution in [0.4, 0.5) is 0 Å². The molecule has 0 aliphatic rings. The molecule has 0 bridgehead atoms. The van der Waals surface area contributed by atoms with Gasteiger partial charge in [-0.25, -0.2) is 0 Å². The zero-order chi connectivity index (χ0) is 13.4. The fourth-order valence-corrected chi connectivity index (χ4v) is 2.41. The lowest BCUT2D eigenvalue weighted by molar-refractivity contribution is -0.144. The van der Waals surface area contributed by atoms with Gasteiger partial charge < -0.3 is 4.74 Å². The molecule has 0 aliphatic heterocycles. The fourth-order valence-electron chi connectivity index (χ4n) is 1.27. The van der Waals surface area contributed by atoms with E-state index in [1.165, 1.54) is 11.8 Å². The largest absolute Gasteiger partial charge is 0.466 e. The molecule has 0 fully saturated rings. The number of hydrogen-bond donors (Lipinski definition) is 0. The van der Waals surface area contributed by atoms with Crippen molar-refractivity contribution in [3.63, 3.8) is 0 Å². The summed E-state index contributed by atoms with van der Waals surface area (Å²) in [6.07, 6.45) is 0.367. The Morgan fingerprint density at radius 3 is 2.67 bits per heavy atom. The molecule has 0 unspecified atom stereocenters. The number of Topliss-reactive ketones (excluding diaryl/α,β-unsaturated/α-hetero) is 1. The molecule has 1 aromatic carbocycles. The molecule has 3 nitrogen and oxygen atoms in total. The molecule has 1 aromatic rings. The minimum atomic E-state index is -0.325. The van der Waals surface area contributed by atoms with Gasteiger partial charge in [-0.3, -0.25) is 9.59 Å². The first-order valence-corrected chi connectivity index (χ1v) is 7.04. The molecule has 0 amide bonds. The Morgan fingerprint density at radius 2 is 2.00 bits per heavy atom. The van der Waals surface area contributed by atoms with Crippen molar-refractivity contribution < 1.29 is 14.3 Å². The van der Waals surface area contributed by atoms with Crippen molar-refractivity contribution in [3.05, 3.63) is 29.3 Å². The van der Waals surface area contributed by atoms with E-state index in [0.717, 1.165) is 4.90 Å². The van der Waals surface area contributed by atoms with Crippen LogP contribution in [-0.2, 0) is 14.3 Å². The lowest BCUT2D eigenvalue weighted by Gasteiger charge is -2.03. The van der Waals surface area contributed by atoms with Crippen LogP contribution in [0.5, 0.6) is 0 Å². The average molecular weight is 287 g/mol. The van der Waals surface area contributed by atoms with Gasteiger partial charge in [-0.15, -0.1) is 11.8 Å². The first-order valence-electron chi connectivity index (χ1n) is 5.68. The Kier molecular flexibility index (Phi) is 6.83. The maximum absolute atomic E-state index is 11.6. The highest BCUT2D eigenvalue weighted by molar-refractivity contribution is 8.00. The Morgan fingerprint density at radius 1 is 1.28 bits per heavy atom. The SMILES string of the molecule is CCOC(=O)CCC(=O)CSc1ccccc1Cl. The lowest BCUT2D eigenvalue weighted by atomic mass is 10.2. The highest BCUT2D eigenvalue weighted by Gasteiger charge is 2.09. The number of ketones is 1. The van der Waals surface area contributed by atoms with Crippen molar-refractivity contribution in [2.24, 2.45) is 0 Å². The number of carbonyl (C=O) groups is 2. The molecular weight excluding hydrogens is 272 g/mol. The second-order valence-electron chi connectivity index (χ2n) is 3.56. The van der Waals surface area contributed by atoms with Crippen LogP contribution in [0.25, 0.3) is 0 Å². The topological polar surface area (TPSA) is 43.4 Å². The van der Waals surface area contributed by atoms with Crippen molar-refractivity contribution in [3.8, 4) is 0 Å². The van der Waals surface area contributed by atoms with Crippen LogP contribution in [0.2, 0.25) is 5.02 Å². The van der Waals surface area contributed by atoms with Crippen molar-refractivity contribution in [1.82, 2.24) is 0 Å². The third-order valence-electron chi connectivity index (χ3n) is 2.14. The summed E-state index contributed by atoms with van der Waals surface area (Å²) in [7, 11) is 0. The average Bonchev–Trinajstić information content (AvgIpc) is 2.36. The molecule has 0 saturated carbocycles. The Balaban J connectivity index is 2.29. The van der Waals surface area contributed by atoms with E-state index < -0.39 is 0 Å². The van der Waals surface area contributed by atoms with E-state index in [2.05, 4.69) is 0 Å². The quantitative estimate of drug-likeness (QED) is 0.569. The molecule has 0 aromatic heterocycles. The lowest BCUT2D eigenvalue weighted by Crippen LogP contribution is -2.09. The van der Waals surface area contributed by atoms with Gasteiger partial charge in [-0.1, -0.05) is 23.7 Å². The van der Waals surface area contributed by atoms with Crippen molar-refractivity contribution in [2.45, 2.75) is 24.7 Å². The van der Waals surface area contributed by atoms with E-state index >= 15 is 0 Å². The molecule has 0 atom stereocenters. The van der Waals surface area contributed by atoms with Gasteiger partial charge in [0.1, 0.15) is 5.78 Å². The predicted molar refractivity (Wildman–Crippen MR) is 73.1 cm³/mol. The van der Waals surface area contributed by atoms with Gasteiger partial charge in [-0.05, 0) is 19.1 Å². The molecule has 0 N–H and O–H groups in total. The van der Waals surface area contributed by atoms with E-state index in [1.807, 2.05) is 18.2 Å². The molecule has 1 rings (SSSR count). The van der Waals surface area contributed by atoms with Gasteiger partial charge in [0, 0.05) is 11.3 Å². The van der Waals surface area contributed by atoms with Gasteiger partial charge in [-0.2, -0.15) is 0 Å². The third-order valence-corrected chi connectivity index (χ3v) is 3.71. The normalized spacial score (nSPS) is 10.1. The minimum absolute atomic E-state index is 0.0213. The van der Waals surface area contributed by atoms with E-state index in [1.54, 1.807) is 13.0 Å². The zero-order valence-electron chi connectivity index (χ0n) is 10.1. The van der Waals surface area contributed by atoms with Crippen molar-refractivity contribution in [2.75, 3.05) is 12.4 Å².